The second-order valence-electron chi connectivity index (χ2n) is 3.05. The maximum atomic E-state index is 9.16. The van der Waals surface area contributed by atoms with E-state index in [0.717, 1.165) is 16.4 Å². The normalized spacial score (nSPS) is 12.9. The Hall–Kier alpha value is -0.650. The number of aryl methyl sites for hydroxylation is 2. The molecule has 1 heterocycles. The van der Waals surface area contributed by atoms with Gasteiger partial charge in [0.2, 0.25) is 0 Å². The van der Waals surface area contributed by atoms with Crippen LogP contribution in [0.25, 0.3) is 0 Å². The van der Waals surface area contributed by atoms with Crippen molar-refractivity contribution >= 4 is 11.8 Å². The second kappa shape index (κ2) is 5.29. The van der Waals surface area contributed by atoms with Gasteiger partial charge in [0.05, 0.1) is 24.1 Å². The predicted octanol–water partition coefficient (Wildman–Crippen LogP) is 0.539. The summed E-state index contributed by atoms with van der Waals surface area (Å²) in [6.45, 7) is 3.53. The minimum absolute atomic E-state index is 0.217. The molecule has 1 atom stereocenters. The molecule has 2 N–H and O–H groups in total. The van der Waals surface area contributed by atoms with Gasteiger partial charge in [-0.25, -0.2) is 4.98 Å². The Morgan fingerprint density at radius 1 is 1.50 bits per heavy atom. The number of aromatic nitrogens is 2. The average Bonchev–Trinajstić information content (AvgIpc) is 2.19. The standard InChI is InChI=1S/C9H14N2O2S/c1-6-3-10-7(2)9(11-6)14-5-8(13)4-12/h3,8,12-13H,4-5H2,1-2H3. The molecule has 0 aromatic carbocycles. The Labute approximate surface area is 87.4 Å². The summed E-state index contributed by atoms with van der Waals surface area (Å²) in [6, 6.07) is 0. The van der Waals surface area contributed by atoms with Crippen molar-refractivity contribution in [3.8, 4) is 0 Å². The van der Waals surface area contributed by atoms with Crippen molar-refractivity contribution in [2.24, 2.45) is 0 Å². The van der Waals surface area contributed by atoms with Crippen LogP contribution >= 0.6 is 11.8 Å². The van der Waals surface area contributed by atoms with Crippen molar-refractivity contribution in [3.05, 3.63) is 17.6 Å². The lowest BCUT2D eigenvalue weighted by atomic mass is 10.4. The molecule has 1 rings (SSSR count). The Morgan fingerprint density at radius 3 is 2.86 bits per heavy atom. The average molecular weight is 214 g/mol. The van der Waals surface area contributed by atoms with Gasteiger partial charge in [-0.2, -0.15) is 0 Å². The van der Waals surface area contributed by atoms with Crippen LogP contribution in [0.5, 0.6) is 0 Å². The van der Waals surface area contributed by atoms with E-state index in [9.17, 15) is 0 Å². The van der Waals surface area contributed by atoms with E-state index >= 15 is 0 Å². The first kappa shape index (κ1) is 11.4. The molecule has 0 aliphatic rings. The van der Waals surface area contributed by atoms with Gasteiger partial charge in [0.15, 0.2) is 0 Å². The highest BCUT2D eigenvalue weighted by atomic mass is 32.2. The first-order valence-electron chi connectivity index (χ1n) is 4.35. The summed E-state index contributed by atoms with van der Waals surface area (Å²) in [5.74, 6) is 0.440. The molecule has 4 nitrogen and oxygen atoms in total. The van der Waals surface area contributed by atoms with Gasteiger partial charge in [0, 0.05) is 11.9 Å². The van der Waals surface area contributed by atoms with Gasteiger partial charge in [-0.3, -0.25) is 4.98 Å². The van der Waals surface area contributed by atoms with Gasteiger partial charge in [0.25, 0.3) is 0 Å². The monoisotopic (exact) mass is 214 g/mol. The molecule has 0 spiro atoms. The largest absolute Gasteiger partial charge is 0.394 e. The molecule has 0 saturated carbocycles. The number of rotatable bonds is 4. The lowest BCUT2D eigenvalue weighted by molar-refractivity contribution is 0.113. The van der Waals surface area contributed by atoms with Crippen LogP contribution in [0.3, 0.4) is 0 Å². The Kier molecular flexibility index (Phi) is 4.31. The zero-order valence-corrected chi connectivity index (χ0v) is 9.08. The van der Waals surface area contributed by atoms with Crippen molar-refractivity contribution in [3.63, 3.8) is 0 Å². The van der Waals surface area contributed by atoms with E-state index in [1.54, 1.807) is 6.20 Å². The van der Waals surface area contributed by atoms with Crippen LogP contribution in [0.15, 0.2) is 11.2 Å². The van der Waals surface area contributed by atoms with Crippen molar-refractivity contribution in [2.45, 2.75) is 25.0 Å². The minimum atomic E-state index is -0.693. The molecule has 1 unspecified atom stereocenters. The van der Waals surface area contributed by atoms with E-state index in [2.05, 4.69) is 9.97 Å². The zero-order valence-electron chi connectivity index (χ0n) is 8.27. The molecule has 0 radical (unpaired) electrons. The molecule has 0 fully saturated rings. The fourth-order valence-corrected chi connectivity index (χ4v) is 1.81. The van der Waals surface area contributed by atoms with Crippen molar-refractivity contribution in [2.75, 3.05) is 12.4 Å². The summed E-state index contributed by atoms with van der Waals surface area (Å²) < 4.78 is 0. The summed E-state index contributed by atoms with van der Waals surface area (Å²) in [4.78, 5) is 8.44. The van der Waals surface area contributed by atoms with Crippen molar-refractivity contribution in [1.29, 1.82) is 0 Å². The summed E-state index contributed by atoms with van der Waals surface area (Å²) >= 11 is 1.41. The topological polar surface area (TPSA) is 66.2 Å². The quantitative estimate of drug-likeness (QED) is 0.716. The molecule has 0 bridgehead atoms. The third-order valence-electron chi connectivity index (χ3n) is 1.66. The highest BCUT2D eigenvalue weighted by molar-refractivity contribution is 7.99. The number of nitrogens with zero attached hydrogens (tertiary/aromatic N) is 2. The van der Waals surface area contributed by atoms with E-state index in [-0.39, 0.29) is 6.61 Å². The zero-order chi connectivity index (χ0) is 10.6. The maximum absolute atomic E-state index is 9.16. The third kappa shape index (κ3) is 3.25. The van der Waals surface area contributed by atoms with Gasteiger partial charge < -0.3 is 10.2 Å². The van der Waals surface area contributed by atoms with Gasteiger partial charge in [-0.05, 0) is 13.8 Å². The van der Waals surface area contributed by atoms with E-state index in [1.807, 2.05) is 13.8 Å². The lowest BCUT2D eigenvalue weighted by Gasteiger charge is -2.07. The number of hydrogen-bond donors (Lipinski definition) is 2. The first-order chi connectivity index (χ1) is 6.63. The van der Waals surface area contributed by atoms with E-state index in [4.69, 9.17) is 10.2 Å². The number of aliphatic hydroxyl groups is 2. The SMILES string of the molecule is Cc1cnc(C)c(SCC(O)CO)n1. The lowest BCUT2D eigenvalue weighted by Crippen LogP contribution is -2.14. The highest BCUT2D eigenvalue weighted by Gasteiger charge is 2.07. The maximum Gasteiger partial charge on any atom is 0.118 e. The minimum Gasteiger partial charge on any atom is -0.394 e. The van der Waals surface area contributed by atoms with E-state index < -0.39 is 6.10 Å². The van der Waals surface area contributed by atoms with Gasteiger partial charge in [0.1, 0.15) is 5.03 Å². The second-order valence-corrected chi connectivity index (χ2v) is 4.06. The van der Waals surface area contributed by atoms with Gasteiger partial charge >= 0.3 is 0 Å². The predicted molar refractivity (Wildman–Crippen MR) is 55.3 cm³/mol. The molecule has 0 aliphatic carbocycles. The van der Waals surface area contributed by atoms with Gasteiger partial charge in [-0.1, -0.05) is 0 Å². The van der Waals surface area contributed by atoms with Crippen LogP contribution in [-0.2, 0) is 0 Å². The van der Waals surface area contributed by atoms with E-state index in [1.165, 1.54) is 11.8 Å². The molecule has 78 valence electrons. The van der Waals surface area contributed by atoms with Crippen LogP contribution in [-0.4, -0.2) is 38.6 Å². The molecule has 5 heteroatoms. The van der Waals surface area contributed by atoms with Crippen LogP contribution < -0.4 is 0 Å². The fraction of sp³-hybridized carbons (Fsp3) is 0.556. The van der Waals surface area contributed by atoms with E-state index in [0.29, 0.717) is 5.75 Å². The van der Waals surface area contributed by atoms with Gasteiger partial charge in [-0.15, -0.1) is 11.8 Å². The Morgan fingerprint density at radius 2 is 2.21 bits per heavy atom. The summed E-state index contributed by atoms with van der Waals surface area (Å²) in [7, 11) is 0. The molecule has 1 aromatic rings. The van der Waals surface area contributed by atoms with Crippen molar-refractivity contribution in [1.82, 2.24) is 9.97 Å². The molecular formula is C9H14N2O2S. The van der Waals surface area contributed by atoms with Crippen LogP contribution in [0.1, 0.15) is 11.4 Å². The molecule has 1 aromatic heterocycles. The third-order valence-corrected chi connectivity index (χ3v) is 2.87. The first-order valence-corrected chi connectivity index (χ1v) is 5.34. The number of thioether (sulfide) groups is 1. The number of hydrogen-bond acceptors (Lipinski definition) is 5. The van der Waals surface area contributed by atoms with Crippen LogP contribution in [0.4, 0.5) is 0 Å². The Balaban J connectivity index is 2.62. The highest BCUT2D eigenvalue weighted by Crippen LogP contribution is 2.19. The van der Waals surface area contributed by atoms with Crippen LogP contribution in [0, 0.1) is 13.8 Å². The summed E-state index contributed by atoms with van der Waals surface area (Å²) in [5, 5.41) is 18.6. The smallest absolute Gasteiger partial charge is 0.118 e. The molecule has 0 aliphatic heterocycles. The molecule has 14 heavy (non-hydrogen) atoms. The molecule has 0 saturated heterocycles. The number of aliphatic hydroxyl groups excluding tert-OH is 2. The molecular weight excluding hydrogens is 200 g/mol. The fourth-order valence-electron chi connectivity index (χ4n) is 0.880. The van der Waals surface area contributed by atoms with Crippen LogP contribution in [0.2, 0.25) is 0 Å². The summed E-state index contributed by atoms with van der Waals surface area (Å²) in [5.41, 5.74) is 1.71. The van der Waals surface area contributed by atoms with Crippen molar-refractivity contribution < 1.29 is 10.2 Å². The summed E-state index contributed by atoms with van der Waals surface area (Å²) in [6.07, 6.45) is 1.02. The molecule has 0 amide bonds. The Bertz CT molecular complexity index is 307.